The standard InChI is InChI=1S/C17H14N4O/c22-17(14-6-9-18-10-7-14)21-12-13-4-5-16(20-11-13)15-3-1-2-8-19-15/h1-11H,12H2,(H,21,22). The normalized spacial score (nSPS) is 10.2. The third-order valence-electron chi connectivity index (χ3n) is 3.15. The van der Waals surface area contributed by atoms with Crippen molar-refractivity contribution < 1.29 is 4.79 Å². The highest BCUT2D eigenvalue weighted by atomic mass is 16.1. The summed E-state index contributed by atoms with van der Waals surface area (Å²) >= 11 is 0. The van der Waals surface area contributed by atoms with E-state index in [0.29, 0.717) is 12.1 Å². The summed E-state index contributed by atoms with van der Waals surface area (Å²) in [5.74, 6) is -0.129. The first kappa shape index (κ1) is 13.9. The highest BCUT2D eigenvalue weighted by Gasteiger charge is 2.05. The molecule has 1 N–H and O–H groups in total. The second kappa shape index (κ2) is 6.58. The average molecular weight is 290 g/mol. The minimum Gasteiger partial charge on any atom is -0.348 e. The average Bonchev–Trinajstić information content (AvgIpc) is 2.61. The summed E-state index contributed by atoms with van der Waals surface area (Å²) in [6, 6.07) is 12.9. The SMILES string of the molecule is O=C(NCc1ccc(-c2ccccn2)nc1)c1ccncc1. The molecule has 0 aliphatic rings. The zero-order valence-corrected chi connectivity index (χ0v) is 11.8. The van der Waals surface area contributed by atoms with Gasteiger partial charge in [-0.2, -0.15) is 0 Å². The topological polar surface area (TPSA) is 67.8 Å². The van der Waals surface area contributed by atoms with Gasteiger partial charge in [0.25, 0.3) is 5.91 Å². The first-order valence-electron chi connectivity index (χ1n) is 6.87. The number of nitrogens with zero attached hydrogens (tertiary/aromatic N) is 3. The maximum Gasteiger partial charge on any atom is 0.251 e. The van der Waals surface area contributed by atoms with E-state index >= 15 is 0 Å². The summed E-state index contributed by atoms with van der Waals surface area (Å²) in [6.45, 7) is 0.427. The van der Waals surface area contributed by atoms with Crippen molar-refractivity contribution in [3.63, 3.8) is 0 Å². The highest BCUT2D eigenvalue weighted by molar-refractivity contribution is 5.93. The van der Waals surface area contributed by atoms with E-state index in [2.05, 4.69) is 20.3 Å². The molecule has 0 saturated carbocycles. The Morgan fingerprint density at radius 1 is 0.909 bits per heavy atom. The number of hydrogen-bond donors (Lipinski definition) is 1. The Hall–Kier alpha value is -3.08. The van der Waals surface area contributed by atoms with Crippen molar-refractivity contribution in [1.29, 1.82) is 0 Å². The number of nitrogens with one attached hydrogen (secondary N) is 1. The van der Waals surface area contributed by atoms with Gasteiger partial charge in [-0.05, 0) is 35.9 Å². The summed E-state index contributed by atoms with van der Waals surface area (Å²) < 4.78 is 0. The quantitative estimate of drug-likeness (QED) is 0.801. The Kier molecular flexibility index (Phi) is 4.15. The molecule has 0 radical (unpaired) electrons. The van der Waals surface area contributed by atoms with E-state index in [1.54, 1.807) is 36.9 Å². The van der Waals surface area contributed by atoms with Crippen molar-refractivity contribution in [3.8, 4) is 11.4 Å². The molecule has 5 heteroatoms. The van der Waals surface area contributed by atoms with Crippen molar-refractivity contribution in [3.05, 3.63) is 78.4 Å². The van der Waals surface area contributed by atoms with Crippen LogP contribution in [0, 0.1) is 0 Å². The maximum absolute atomic E-state index is 11.9. The van der Waals surface area contributed by atoms with E-state index in [-0.39, 0.29) is 5.91 Å². The van der Waals surface area contributed by atoms with E-state index in [0.717, 1.165) is 17.0 Å². The molecule has 22 heavy (non-hydrogen) atoms. The molecule has 0 aromatic carbocycles. The van der Waals surface area contributed by atoms with Crippen LogP contribution in [0.3, 0.4) is 0 Å². The molecule has 0 bridgehead atoms. The highest BCUT2D eigenvalue weighted by Crippen LogP contribution is 2.13. The lowest BCUT2D eigenvalue weighted by molar-refractivity contribution is 0.0951. The van der Waals surface area contributed by atoms with E-state index in [9.17, 15) is 4.79 Å². The minimum absolute atomic E-state index is 0.129. The third-order valence-corrected chi connectivity index (χ3v) is 3.15. The number of rotatable bonds is 4. The van der Waals surface area contributed by atoms with Crippen molar-refractivity contribution in [2.24, 2.45) is 0 Å². The number of aromatic nitrogens is 3. The Bertz CT molecular complexity index is 743. The smallest absolute Gasteiger partial charge is 0.251 e. The van der Waals surface area contributed by atoms with Gasteiger partial charge in [0.1, 0.15) is 0 Å². The first-order valence-corrected chi connectivity index (χ1v) is 6.87. The number of pyridine rings is 3. The second-order valence-electron chi connectivity index (χ2n) is 4.69. The zero-order valence-electron chi connectivity index (χ0n) is 11.8. The van der Waals surface area contributed by atoms with Crippen LogP contribution in [0.4, 0.5) is 0 Å². The Morgan fingerprint density at radius 2 is 1.73 bits per heavy atom. The largest absolute Gasteiger partial charge is 0.348 e. The van der Waals surface area contributed by atoms with Gasteiger partial charge in [0, 0.05) is 36.9 Å². The van der Waals surface area contributed by atoms with E-state index in [4.69, 9.17) is 0 Å². The predicted octanol–water partition coefficient (Wildman–Crippen LogP) is 2.47. The zero-order chi connectivity index (χ0) is 15.2. The fourth-order valence-electron chi connectivity index (χ4n) is 1.98. The van der Waals surface area contributed by atoms with Crippen LogP contribution in [-0.4, -0.2) is 20.9 Å². The molecule has 5 nitrogen and oxygen atoms in total. The Balaban J connectivity index is 1.63. The van der Waals surface area contributed by atoms with Crippen LogP contribution < -0.4 is 5.32 Å². The molecule has 0 spiro atoms. The van der Waals surface area contributed by atoms with Crippen LogP contribution >= 0.6 is 0 Å². The molecule has 3 heterocycles. The van der Waals surface area contributed by atoms with Gasteiger partial charge in [-0.3, -0.25) is 19.7 Å². The van der Waals surface area contributed by atoms with Gasteiger partial charge in [-0.15, -0.1) is 0 Å². The van der Waals surface area contributed by atoms with Crippen LogP contribution in [-0.2, 0) is 6.54 Å². The van der Waals surface area contributed by atoms with Crippen molar-refractivity contribution >= 4 is 5.91 Å². The molecule has 0 fully saturated rings. The number of amides is 1. The van der Waals surface area contributed by atoms with Gasteiger partial charge < -0.3 is 5.32 Å². The van der Waals surface area contributed by atoms with Crippen LogP contribution in [0.2, 0.25) is 0 Å². The summed E-state index contributed by atoms with van der Waals surface area (Å²) in [5, 5.41) is 2.85. The molecule has 108 valence electrons. The lowest BCUT2D eigenvalue weighted by Crippen LogP contribution is -2.22. The van der Waals surface area contributed by atoms with Crippen LogP contribution in [0.5, 0.6) is 0 Å². The number of hydrogen-bond acceptors (Lipinski definition) is 4. The first-order chi connectivity index (χ1) is 10.8. The molecule has 3 rings (SSSR count). The Morgan fingerprint density at radius 3 is 2.41 bits per heavy atom. The number of carbonyl (C=O) groups excluding carboxylic acids is 1. The molecular formula is C17H14N4O. The molecule has 1 amide bonds. The van der Waals surface area contributed by atoms with E-state index in [1.165, 1.54) is 0 Å². The maximum atomic E-state index is 11.9. The lowest BCUT2D eigenvalue weighted by Gasteiger charge is -2.06. The summed E-state index contributed by atoms with van der Waals surface area (Å²) in [6.07, 6.45) is 6.67. The molecule has 3 aromatic heterocycles. The molecule has 0 atom stereocenters. The van der Waals surface area contributed by atoms with Crippen LogP contribution in [0.1, 0.15) is 15.9 Å². The predicted molar refractivity (Wildman–Crippen MR) is 82.9 cm³/mol. The monoisotopic (exact) mass is 290 g/mol. The van der Waals surface area contributed by atoms with Gasteiger partial charge in [-0.25, -0.2) is 0 Å². The van der Waals surface area contributed by atoms with E-state index < -0.39 is 0 Å². The van der Waals surface area contributed by atoms with Gasteiger partial charge in [0.2, 0.25) is 0 Å². The van der Waals surface area contributed by atoms with Gasteiger partial charge >= 0.3 is 0 Å². The van der Waals surface area contributed by atoms with E-state index in [1.807, 2.05) is 30.3 Å². The van der Waals surface area contributed by atoms with Crippen molar-refractivity contribution in [2.45, 2.75) is 6.54 Å². The van der Waals surface area contributed by atoms with Crippen LogP contribution in [0.25, 0.3) is 11.4 Å². The van der Waals surface area contributed by atoms with Crippen molar-refractivity contribution in [1.82, 2.24) is 20.3 Å². The molecular weight excluding hydrogens is 276 g/mol. The third kappa shape index (κ3) is 3.32. The summed E-state index contributed by atoms with van der Waals surface area (Å²) in [4.78, 5) is 24.5. The van der Waals surface area contributed by atoms with Gasteiger partial charge in [-0.1, -0.05) is 12.1 Å². The van der Waals surface area contributed by atoms with Gasteiger partial charge in [0.05, 0.1) is 11.4 Å². The van der Waals surface area contributed by atoms with Crippen LogP contribution in [0.15, 0.2) is 67.3 Å². The molecule has 3 aromatic rings. The fraction of sp³-hybridized carbons (Fsp3) is 0.0588. The molecule has 0 saturated heterocycles. The second-order valence-corrected chi connectivity index (χ2v) is 4.69. The van der Waals surface area contributed by atoms with Gasteiger partial charge in [0.15, 0.2) is 0 Å². The summed E-state index contributed by atoms with van der Waals surface area (Å²) in [5.41, 5.74) is 3.16. The molecule has 0 aliphatic heterocycles. The summed E-state index contributed by atoms with van der Waals surface area (Å²) in [7, 11) is 0. The van der Waals surface area contributed by atoms with Crippen molar-refractivity contribution in [2.75, 3.05) is 0 Å². The minimum atomic E-state index is -0.129. The lowest BCUT2D eigenvalue weighted by atomic mass is 10.2. The fourth-order valence-corrected chi connectivity index (χ4v) is 1.98. The molecule has 0 unspecified atom stereocenters. The number of carbonyl (C=O) groups is 1. The molecule has 0 aliphatic carbocycles. The Labute approximate surface area is 128 Å².